The third kappa shape index (κ3) is 9.11. The van der Waals surface area contributed by atoms with E-state index < -0.39 is 39.5 Å². The fourth-order valence-corrected chi connectivity index (χ4v) is 4.75. The Balaban J connectivity index is 0.00000612. The third-order valence-corrected chi connectivity index (χ3v) is 6.49. The van der Waals surface area contributed by atoms with Crippen molar-refractivity contribution in [3.8, 4) is 0 Å². The quantitative estimate of drug-likeness (QED) is 0.124. The number of carbonyl (C=O) groups is 3. The molecular weight excluding hydrogens is 496 g/mol. The predicted octanol–water partition coefficient (Wildman–Crippen LogP) is -0.313. The molecule has 2 amide bonds. The average Bonchev–Trinajstić information content (AvgIpc) is 3.17. The first-order valence-electron chi connectivity index (χ1n) is 11.1. The summed E-state index contributed by atoms with van der Waals surface area (Å²) >= 11 is 0. The summed E-state index contributed by atoms with van der Waals surface area (Å²) in [6.07, 6.45) is 3.56. The van der Waals surface area contributed by atoms with Gasteiger partial charge in [0.05, 0.1) is 12.3 Å². The van der Waals surface area contributed by atoms with Crippen LogP contribution >= 0.6 is 12.4 Å². The topological polar surface area (TPSA) is 177 Å². The van der Waals surface area contributed by atoms with Crippen LogP contribution < -0.4 is 21.5 Å². The van der Waals surface area contributed by atoms with Crippen molar-refractivity contribution in [2.24, 2.45) is 16.5 Å². The maximum absolute atomic E-state index is 13.5. The summed E-state index contributed by atoms with van der Waals surface area (Å²) in [5.41, 5.74) is 10.1. The van der Waals surface area contributed by atoms with Crippen LogP contribution in [0.1, 0.15) is 38.2 Å². The highest BCUT2D eigenvalue weighted by molar-refractivity contribution is 7.88. The van der Waals surface area contributed by atoms with Crippen molar-refractivity contribution in [2.75, 3.05) is 19.3 Å². The minimum absolute atomic E-state index is 0. The summed E-state index contributed by atoms with van der Waals surface area (Å²) in [6.45, 7) is 2.26. The molecule has 1 saturated heterocycles. The molecule has 0 unspecified atom stereocenters. The Morgan fingerprint density at radius 1 is 1.26 bits per heavy atom. The van der Waals surface area contributed by atoms with E-state index in [1.807, 2.05) is 6.07 Å². The molecule has 1 fully saturated rings. The number of amides is 2. The van der Waals surface area contributed by atoms with E-state index in [2.05, 4.69) is 15.0 Å². The first kappa shape index (κ1) is 30.3. The molecule has 0 aliphatic carbocycles. The molecule has 0 saturated carbocycles. The summed E-state index contributed by atoms with van der Waals surface area (Å²) in [7, 11) is -3.69. The molecule has 0 spiro atoms. The van der Waals surface area contributed by atoms with Crippen LogP contribution in [0.2, 0.25) is 0 Å². The number of rotatable bonds is 12. The van der Waals surface area contributed by atoms with Crippen LogP contribution in [-0.2, 0) is 30.8 Å². The highest BCUT2D eigenvalue weighted by Crippen LogP contribution is 2.30. The largest absolute Gasteiger partial charge is 0.370 e. The second kappa shape index (κ2) is 13.4. The molecule has 1 heterocycles. The minimum atomic E-state index is -3.69. The number of carbonyl (C=O) groups excluding carboxylic acids is 3. The fourth-order valence-electron chi connectivity index (χ4n) is 4.05. The van der Waals surface area contributed by atoms with E-state index >= 15 is 0 Å². The lowest BCUT2D eigenvalue weighted by atomic mass is 9.95. The van der Waals surface area contributed by atoms with Gasteiger partial charge in [-0.15, -0.1) is 12.4 Å². The van der Waals surface area contributed by atoms with Crippen molar-refractivity contribution in [2.45, 2.75) is 56.7 Å². The first-order valence-corrected chi connectivity index (χ1v) is 13.0. The smallest absolute Gasteiger partial charge is 0.246 e. The summed E-state index contributed by atoms with van der Waals surface area (Å²) in [4.78, 5) is 43.5. The molecule has 0 bridgehead atoms. The van der Waals surface area contributed by atoms with Crippen LogP contribution in [0.15, 0.2) is 35.3 Å². The summed E-state index contributed by atoms with van der Waals surface area (Å²) in [5.74, 6) is -0.998. The Bertz CT molecular complexity index is 1000. The van der Waals surface area contributed by atoms with E-state index in [9.17, 15) is 22.8 Å². The number of sulfonamides is 1. The maximum atomic E-state index is 13.5. The maximum Gasteiger partial charge on any atom is 0.246 e. The molecule has 35 heavy (non-hydrogen) atoms. The first-order chi connectivity index (χ1) is 16.0. The molecule has 0 aromatic heterocycles. The Labute approximate surface area is 212 Å². The molecule has 11 nitrogen and oxygen atoms in total. The number of halogens is 1. The summed E-state index contributed by atoms with van der Waals surface area (Å²) < 4.78 is 26.4. The van der Waals surface area contributed by atoms with E-state index in [4.69, 9.17) is 11.5 Å². The number of guanidine groups is 1. The van der Waals surface area contributed by atoms with E-state index in [1.54, 1.807) is 31.2 Å². The Morgan fingerprint density at radius 3 is 2.49 bits per heavy atom. The highest BCUT2D eigenvalue weighted by atomic mass is 35.5. The van der Waals surface area contributed by atoms with E-state index in [0.29, 0.717) is 45.1 Å². The van der Waals surface area contributed by atoms with Crippen LogP contribution in [0.3, 0.4) is 0 Å². The number of benzene rings is 1. The molecule has 3 atom stereocenters. The molecule has 196 valence electrons. The van der Waals surface area contributed by atoms with Gasteiger partial charge in [0.1, 0.15) is 17.9 Å². The van der Waals surface area contributed by atoms with Crippen molar-refractivity contribution >= 4 is 46.5 Å². The molecular formula is C22H35ClN6O5S. The second-order valence-corrected chi connectivity index (χ2v) is 10.4. The molecule has 1 aromatic carbocycles. The lowest BCUT2D eigenvalue weighted by Crippen LogP contribution is -2.61. The van der Waals surface area contributed by atoms with Gasteiger partial charge in [-0.05, 0) is 44.6 Å². The monoisotopic (exact) mass is 530 g/mol. The van der Waals surface area contributed by atoms with Crippen LogP contribution in [0.5, 0.6) is 0 Å². The highest BCUT2D eigenvalue weighted by Gasteiger charge is 2.47. The van der Waals surface area contributed by atoms with Gasteiger partial charge in [-0.3, -0.25) is 14.6 Å². The van der Waals surface area contributed by atoms with Crippen LogP contribution in [0, 0.1) is 0 Å². The third-order valence-electron chi connectivity index (χ3n) is 5.78. The van der Waals surface area contributed by atoms with Crippen LogP contribution in [0.25, 0.3) is 0 Å². The van der Waals surface area contributed by atoms with E-state index in [-0.39, 0.29) is 24.8 Å². The van der Waals surface area contributed by atoms with Gasteiger partial charge in [-0.2, -0.15) is 0 Å². The number of aliphatic imine (C=N–C) groups is 1. The SMILES string of the molecule is C[C@@]1(C(=O)N[C@H](C=O)CCCN=C(N)N)CCCN1C(=O)[C@@H](Cc1ccccc1)NS(C)(=O)=O.Cl. The second-order valence-electron chi connectivity index (χ2n) is 8.66. The van der Waals surface area contributed by atoms with Crippen molar-refractivity contribution in [1.29, 1.82) is 0 Å². The number of hydrogen-bond acceptors (Lipinski definition) is 6. The minimum Gasteiger partial charge on any atom is -0.370 e. The lowest BCUT2D eigenvalue weighted by molar-refractivity contribution is -0.145. The number of aldehydes is 1. The lowest BCUT2D eigenvalue weighted by Gasteiger charge is -2.36. The van der Waals surface area contributed by atoms with Crippen molar-refractivity contribution in [1.82, 2.24) is 14.9 Å². The van der Waals surface area contributed by atoms with Gasteiger partial charge in [0.2, 0.25) is 21.8 Å². The van der Waals surface area contributed by atoms with Gasteiger partial charge in [0, 0.05) is 13.1 Å². The summed E-state index contributed by atoms with van der Waals surface area (Å²) in [6, 6.07) is 7.21. The number of hydrogen-bond donors (Lipinski definition) is 4. The molecule has 13 heteroatoms. The van der Waals surface area contributed by atoms with Gasteiger partial charge in [-0.1, -0.05) is 30.3 Å². The van der Waals surface area contributed by atoms with E-state index in [1.165, 1.54) is 4.90 Å². The number of nitrogens with zero attached hydrogens (tertiary/aromatic N) is 2. The number of likely N-dealkylation sites (tertiary alicyclic amines) is 1. The molecule has 2 rings (SSSR count). The predicted molar refractivity (Wildman–Crippen MR) is 136 cm³/mol. The molecule has 0 radical (unpaired) electrons. The normalized spacial score (nSPS) is 19.2. The number of nitrogens with one attached hydrogen (secondary N) is 2. The Morgan fingerprint density at radius 2 is 1.91 bits per heavy atom. The van der Waals surface area contributed by atoms with Crippen LogP contribution in [0.4, 0.5) is 0 Å². The zero-order valence-electron chi connectivity index (χ0n) is 20.0. The van der Waals surface area contributed by atoms with Crippen molar-refractivity contribution < 1.29 is 22.8 Å². The average molecular weight is 531 g/mol. The Kier molecular flexibility index (Phi) is 11.6. The molecule has 1 aromatic rings. The van der Waals surface area contributed by atoms with Gasteiger partial charge in [-0.25, -0.2) is 13.1 Å². The van der Waals surface area contributed by atoms with Gasteiger partial charge >= 0.3 is 0 Å². The molecule has 1 aliphatic heterocycles. The molecule has 1 aliphatic rings. The summed E-state index contributed by atoms with van der Waals surface area (Å²) in [5, 5.41) is 2.71. The zero-order valence-corrected chi connectivity index (χ0v) is 21.6. The standard InChI is InChI=1S/C22H34N6O5S.ClH/c1-22(20(31)26-17(15-29)10-6-12-25-21(23)24)11-7-13-28(22)19(30)18(27-34(2,32)33)14-16-8-4-3-5-9-16;/h3-5,8-9,15,17-18,27H,6-7,10-14H2,1-2H3,(H,26,31)(H4,23,24,25);1H/t17-,18+,22-;/m0./s1. The number of nitrogens with two attached hydrogens (primary N) is 2. The van der Waals surface area contributed by atoms with E-state index in [0.717, 1.165) is 11.8 Å². The van der Waals surface area contributed by atoms with Gasteiger partial charge in [0.25, 0.3) is 0 Å². The van der Waals surface area contributed by atoms with Gasteiger partial charge < -0.3 is 26.5 Å². The Hall–Kier alpha value is -2.70. The zero-order chi connectivity index (χ0) is 25.4. The fraction of sp³-hybridized carbons (Fsp3) is 0.545. The van der Waals surface area contributed by atoms with Gasteiger partial charge in [0.15, 0.2) is 5.96 Å². The van der Waals surface area contributed by atoms with Crippen molar-refractivity contribution in [3.63, 3.8) is 0 Å². The van der Waals surface area contributed by atoms with Crippen LogP contribution in [-0.4, -0.2) is 74.3 Å². The van der Waals surface area contributed by atoms with Crippen molar-refractivity contribution in [3.05, 3.63) is 35.9 Å². The molecule has 6 N–H and O–H groups in total.